The molecule has 0 bridgehead atoms. The molecule has 1 aliphatic rings. The first kappa shape index (κ1) is 17.3. The van der Waals surface area contributed by atoms with E-state index in [9.17, 15) is 4.79 Å². The average molecular weight is 340 g/mol. The molecule has 0 spiro atoms. The number of nitrogen functional groups attached to an aromatic ring is 1. The minimum absolute atomic E-state index is 0.00359. The number of methoxy groups -OCH3 is 1. The number of fused-ring (bicyclic) bond motifs is 1. The highest BCUT2D eigenvalue weighted by atomic mass is 16.5. The lowest BCUT2D eigenvalue weighted by Crippen LogP contribution is -2.31. The zero-order valence-electron chi connectivity index (χ0n) is 14.5. The smallest absolute Gasteiger partial charge is 0.255 e. The standard InChI is InChI=1S/C20H24N2O3/c1-24-11-12-25-19-8-3-2-6-17(19)20(23)22-18-7-4-5-14-13-15(21)9-10-16(14)18/h2-3,6,8-10,13,18H,4-5,7,11-12,21H2,1H3,(H,22,23). The summed E-state index contributed by atoms with van der Waals surface area (Å²) < 4.78 is 10.7. The van der Waals surface area contributed by atoms with E-state index in [1.165, 1.54) is 5.56 Å². The van der Waals surface area contributed by atoms with Gasteiger partial charge in [0.2, 0.25) is 0 Å². The molecule has 0 aromatic heterocycles. The van der Waals surface area contributed by atoms with E-state index in [0.29, 0.717) is 24.5 Å². The SMILES string of the molecule is COCCOc1ccccc1C(=O)NC1CCCc2cc(N)ccc21. The summed E-state index contributed by atoms with van der Waals surface area (Å²) in [6.07, 6.45) is 2.96. The fourth-order valence-corrected chi connectivity index (χ4v) is 3.24. The normalized spacial score (nSPS) is 16.1. The van der Waals surface area contributed by atoms with Gasteiger partial charge in [-0.25, -0.2) is 0 Å². The van der Waals surface area contributed by atoms with Gasteiger partial charge >= 0.3 is 0 Å². The molecule has 3 N–H and O–H groups in total. The summed E-state index contributed by atoms with van der Waals surface area (Å²) in [6.45, 7) is 0.889. The zero-order chi connectivity index (χ0) is 17.6. The van der Waals surface area contributed by atoms with Crippen molar-refractivity contribution in [3.63, 3.8) is 0 Å². The first-order valence-electron chi connectivity index (χ1n) is 8.59. The fourth-order valence-electron chi connectivity index (χ4n) is 3.24. The maximum Gasteiger partial charge on any atom is 0.255 e. The molecule has 1 amide bonds. The second kappa shape index (κ2) is 8.03. The molecule has 0 fully saturated rings. The highest BCUT2D eigenvalue weighted by Gasteiger charge is 2.23. The van der Waals surface area contributed by atoms with Crippen molar-refractivity contribution in [1.82, 2.24) is 5.32 Å². The summed E-state index contributed by atoms with van der Waals surface area (Å²) in [4.78, 5) is 12.8. The number of rotatable bonds is 6. The number of amides is 1. The number of anilines is 1. The Morgan fingerprint density at radius 2 is 2.08 bits per heavy atom. The van der Waals surface area contributed by atoms with Crippen molar-refractivity contribution < 1.29 is 14.3 Å². The Kier molecular flexibility index (Phi) is 5.56. The van der Waals surface area contributed by atoms with Crippen LogP contribution in [0.4, 0.5) is 5.69 Å². The molecule has 0 heterocycles. The molecule has 25 heavy (non-hydrogen) atoms. The van der Waals surface area contributed by atoms with Gasteiger partial charge in [0, 0.05) is 12.8 Å². The Morgan fingerprint density at radius 3 is 2.92 bits per heavy atom. The van der Waals surface area contributed by atoms with Crippen LogP contribution in [0.5, 0.6) is 5.75 Å². The van der Waals surface area contributed by atoms with Crippen molar-refractivity contribution in [3.8, 4) is 5.75 Å². The molecule has 1 unspecified atom stereocenters. The molecular formula is C20H24N2O3. The molecule has 0 saturated heterocycles. The molecule has 1 atom stereocenters. The summed E-state index contributed by atoms with van der Waals surface area (Å²) in [7, 11) is 1.62. The van der Waals surface area contributed by atoms with Gasteiger partial charge < -0.3 is 20.5 Å². The lowest BCUT2D eigenvalue weighted by atomic mass is 9.87. The van der Waals surface area contributed by atoms with Crippen LogP contribution >= 0.6 is 0 Å². The van der Waals surface area contributed by atoms with Gasteiger partial charge in [0.1, 0.15) is 12.4 Å². The van der Waals surface area contributed by atoms with Gasteiger partial charge in [0.05, 0.1) is 18.2 Å². The Bertz CT molecular complexity index is 745. The highest BCUT2D eigenvalue weighted by molar-refractivity contribution is 5.97. The van der Waals surface area contributed by atoms with Crippen LogP contribution in [0.1, 0.15) is 40.4 Å². The van der Waals surface area contributed by atoms with E-state index in [-0.39, 0.29) is 11.9 Å². The number of nitrogens with one attached hydrogen (secondary N) is 1. The first-order valence-corrected chi connectivity index (χ1v) is 8.59. The molecule has 5 nitrogen and oxygen atoms in total. The van der Waals surface area contributed by atoms with Crippen LogP contribution in [0, 0.1) is 0 Å². The fraction of sp³-hybridized carbons (Fsp3) is 0.350. The number of carbonyl (C=O) groups is 1. The van der Waals surface area contributed by atoms with Gasteiger partial charge in [0.25, 0.3) is 5.91 Å². The number of para-hydroxylation sites is 1. The third kappa shape index (κ3) is 4.12. The Balaban J connectivity index is 1.75. The summed E-state index contributed by atoms with van der Waals surface area (Å²) in [5, 5.41) is 3.15. The summed E-state index contributed by atoms with van der Waals surface area (Å²) in [5.74, 6) is 0.452. The minimum atomic E-state index is -0.123. The van der Waals surface area contributed by atoms with Gasteiger partial charge in [-0.2, -0.15) is 0 Å². The van der Waals surface area contributed by atoms with E-state index in [1.54, 1.807) is 19.2 Å². The average Bonchev–Trinajstić information content (AvgIpc) is 2.62. The molecule has 2 aromatic carbocycles. The number of nitrogens with two attached hydrogens (primary N) is 1. The Labute approximate surface area is 148 Å². The summed E-state index contributed by atoms with van der Waals surface area (Å²) >= 11 is 0. The Hall–Kier alpha value is -2.53. The number of carbonyl (C=O) groups excluding carboxylic acids is 1. The molecule has 0 aliphatic heterocycles. The van der Waals surface area contributed by atoms with Gasteiger partial charge in [-0.1, -0.05) is 18.2 Å². The van der Waals surface area contributed by atoms with E-state index in [4.69, 9.17) is 15.2 Å². The van der Waals surface area contributed by atoms with Crippen LogP contribution in [-0.2, 0) is 11.2 Å². The molecule has 5 heteroatoms. The number of hydrogen-bond donors (Lipinski definition) is 2. The van der Waals surface area contributed by atoms with E-state index < -0.39 is 0 Å². The van der Waals surface area contributed by atoms with Gasteiger partial charge in [-0.15, -0.1) is 0 Å². The van der Waals surface area contributed by atoms with Crippen LogP contribution in [-0.4, -0.2) is 26.2 Å². The largest absolute Gasteiger partial charge is 0.490 e. The van der Waals surface area contributed by atoms with E-state index >= 15 is 0 Å². The lowest BCUT2D eigenvalue weighted by Gasteiger charge is -2.27. The molecule has 132 valence electrons. The van der Waals surface area contributed by atoms with E-state index in [1.807, 2.05) is 30.3 Å². The number of benzene rings is 2. The van der Waals surface area contributed by atoms with E-state index in [0.717, 1.165) is 30.5 Å². The van der Waals surface area contributed by atoms with Gasteiger partial charge in [-0.05, 0) is 54.7 Å². The second-order valence-corrected chi connectivity index (χ2v) is 6.21. The number of ether oxygens (including phenoxy) is 2. The van der Waals surface area contributed by atoms with Crippen LogP contribution in [0.2, 0.25) is 0 Å². The van der Waals surface area contributed by atoms with Crippen LogP contribution in [0.3, 0.4) is 0 Å². The summed E-state index contributed by atoms with van der Waals surface area (Å²) in [6, 6.07) is 13.2. The van der Waals surface area contributed by atoms with E-state index in [2.05, 4.69) is 5.32 Å². The predicted octanol–water partition coefficient (Wildman–Crippen LogP) is 3.10. The third-order valence-electron chi connectivity index (χ3n) is 4.46. The topological polar surface area (TPSA) is 73.6 Å². The molecule has 0 saturated carbocycles. The zero-order valence-corrected chi connectivity index (χ0v) is 14.5. The Morgan fingerprint density at radius 1 is 1.24 bits per heavy atom. The number of hydrogen-bond acceptors (Lipinski definition) is 4. The molecular weight excluding hydrogens is 316 g/mol. The van der Waals surface area contributed by atoms with Gasteiger partial charge in [0.15, 0.2) is 0 Å². The predicted molar refractivity (Wildman–Crippen MR) is 97.8 cm³/mol. The summed E-state index contributed by atoms with van der Waals surface area (Å²) in [5.41, 5.74) is 9.57. The van der Waals surface area contributed by atoms with Crippen LogP contribution < -0.4 is 15.8 Å². The van der Waals surface area contributed by atoms with Gasteiger partial charge in [-0.3, -0.25) is 4.79 Å². The maximum atomic E-state index is 12.8. The minimum Gasteiger partial charge on any atom is -0.490 e. The van der Waals surface area contributed by atoms with Crippen molar-refractivity contribution >= 4 is 11.6 Å². The van der Waals surface area contributed by atoms with Crippen molar-refractivity contribution in [2.45, 2.75) is 25.3 Å². The van der Waals surface area contributed by atoms with Crippen LogP contribution in [0.25, 0.3) is 0 Å². The lowest BCUT2D eigenvalue weighted by molar-refractivity contribution is 0.0925. The van der Waals surface area contributed by atoms with Crippen molar-refractivity contribution in [2.75, 3.05) is 26.1 Å². The molecule has 2 aromatic rings. The molecule has 3 rings (SSSR count). The molecule has 1 aliphatic carbocycles. The first-order chi connectivity index (χ1) is 12.2. The van der Waals surface area contributed by atoms with Crippen molar-refractivity contribution in [2.24, 2.45) is 0 Å². The second-order valence-electron chi connectivity index (χ2n) is 6.21. The third-order valence-corrected chi connectivity index (χ3v) is 4.46. The monoisotopic (exact) mass is 340 g/mol. The maximum absolute atomic E-state index is 12.8. The van der Waals surface area contributed by atoms with Crippen molar-refractivity contribution in [1.29, 1.82) is 0 Å². The quantitative estimate of drug-likeness (QED) is 0.626. The number of aryl methyl sites for hydroxylation is 1. The van der Waals surface area contributed by atoms with Crippen molar-refractivity contribution in [3.05, 3.63) is 59.2 Å². The molecule has 0 radical (unpaired) electrons. The highest BCUT2D eigenvalue weighted by Crippen LogP contribution is 2.31. The van der Waals surface area contributed by atoms with Crippen LogP contribution in [0.15, 0.2) is 42.5 Å².